The van der Waals surface area contributed by atoms with Gasteiger partial charge in [-0.25, -0.2) is 0 Å². The maximum atomic E-state index is 13.9. The summed E-state index contributed by atoms with van der Waals surface area (Å²) in [4.78, 5) is 55.2. The number of ether oxygens (including phenoxy) is 1. The van der Waals surface area contributed by atoms with Gasteiger partial charge in [0.2, 0.25) is 11.8 Å². The molecule has 1 N–H and O–H groups in total. The van der Waals surface area contributed by atoms with Crippen LogP contribution in [-0.4, -0.2) is 34.8 Å². The number of anilines is 1. The quantitative estimate of drug-likeness (QED) is 0.199. The molecule has 2 amide bonds. The van der Waals surface area contributed by atoms with E-state index in [4.69, 9.17) is 0 Å². The van der Waals surface area contributed by atoms with Crippen LogP contribution >= 0.6 is 22.6 Å². The molecule has 0 radical (unpaired) electrons. The Bertz CT molecular complexity index is 1640. The lowest BCUT2D eigenvalue weighted by molar-refractivity contribution is -0.274. The average molecular weight is 675 g/mol. The van der Waals surface area contributed by atoms with E-state index in [2.05, 4.69) is 27.3 Å². The van der Waals surface area contributed by atoms with E-state index in [0.717, 1.165) is 26.7 Å². The van der Waals surface area contributed by atoms with Gasteiger partial charge in [0.1, 0.15) is 11.5 Å². The summed E-state index contributed by atoms with van der Waals surface area (Å²) in [5, 5.41) is 10.8. The minimum Gasteiger partial charge on any atom is -0.508 e. The number of phenolic OH excluding ortho intramolecular Hbond substituents is 1. The first-order valence-electron chi connectivity index (χ1n) is 12.8. The van der Waals surface area contributed by atoms with Crippen LogP contribution in [-0.2, 0) is 19.2 Å². The lowest BCUT2D eigenvalue weighted by Gasteiger charge is -2.42. The van der Waals surface area contributed by atoms with Crippen LogP contribution in [0.1, 0.15) is 31.2 Å². The normalized spacial score (nSPS) is 25.9. The molecule has 0 unspecified atom stereocenters. The van der Waals surface area contributed by atoms with Crippen LogP contribution in [0.3, 0.4) is 0 Å². The first-order chi connectivity index (χ1) is 19.4. The number of fused-ring (bicyclic) bond motifs is 3. The zero-order valence-electron chi connectivity index (χ0n) is 21.4. The summed E-state index contributed by atoms with van der Waals surface area (Å²) in [6, 6.07) is 9.88. The highest BCUT2D eigenvalue weighted by atomic mass is 127. The third-order valence-corrected chi connectivity index (χ3v) is 8.91. The largest absolute Gasteiger partial charge is 0.573 e. The zero-order chi connectivity index (χ0) is 29.4. The summed E-state index contributed by atoms with van der Waals surface area (Å²) in [6.45, 7) is 1.49. The van der Waals surface area contributed by atoms with Crippen molar-refractivity contribution in [3.8, 4) is 11.5 Å². The van der Waals surface area contributed by atoms with Gasteiger partial charge in [0.15, 0.2) is 11.6 Å². The highest BCUT2D eigenvalue weighted by Crippen LogP contribution is 2.56. The van der Waals surface area contributed by atoms with E-state index in [-0.39, 0.29) is 41.0 Å². The number of nitrogens with zero attached hydrogens (tertiary/aromatic N) is 1. The molecule has 210 valence electrons. The molecular weight excluding hydrogens is 654 g/mol. The number of ketones is 2. The number of hydrogen-bond acceptors (Lipinski definition) is 6. The van der Waals surface area contributed by atoms with Gasteiger partial charge in [-0.2, -0.15) is 0 Å². The Morgan fingerprint density at radius 1 is 1.00 bits per heavy atom. The van der Waals surface area contributed by atoms with Crippen molar-refractivity contribution in [3.05, 3.63) is 86.0 Å². The molecule has 1 saturated heterocycles. The molecule has 0 aromatic heterocycles. The molecule has 1 aliphatic heterocycles. The Hall–Kier alpha value is -3.74. The molecule has 4 atom stereocenters. The monoisotopic (exact) mass is 675 g/mol. The van der Waals surface area contributed by atoms with Crippen molar-refractivity contribution in [1.29, 1.82) is 0 Å². The number of allylic oxidation sites excluding steroid dienone is 6. The van der Waals surface area contributed by atoms with Crippen molar-refractivity contribution in [3.63, 3.8) is 0 Å². The van der Waals surface area contributed by atoms with E-state index >= 15 is 0 Å². The molecule has 11 heteroatoms. The minimum absolute atomic E-state index is 0.00758. The molecular formula is C30H21F3INO6. The number of hydrogen-bond donors (Lipinski definition) is 1. The number of imide groups is 1. The molecule has 2 aromatic carbocycles. The van der Waals surface area contributed by atoms with Crippen LogP contribution < -0.4 is 9.64 Å². The van der Waals surface area contributed by atoms with Crippen LogP contribution in [0.5, 0.6) is 11.5 Å². The van der Waals surface area contributed by atoms with Gasteiger partial charge in [-0.3, -0.25) is 24.1 Å². The van der Waals surface area contributed by atoms with Crippen LogP contribution in [0.2, 0.25) is 0 Å². The molecule has 0 bridgehead atoms. The molecule has 2 aromatic rings. The molecule has 1 heterocycles. The number of carbonyl (C=O) groups excluding carboxylic acids is 4. The van der Waals surface area contributed by atoms with Crippen LogP contribution in [0.4, 0.5) is 18.9 Å². The van der Waals surface area contributed by atoms with Crippen molar-refractivity contribution < 1.29 is 42.2 Å². The third kappa shape index (κ3) is 4.50. The van der Waals surface area contributed by atoms with E-state index in [0.29, 0.717) is 11.3 Å². The highest BCUT2D eigenvalue weighted by Gasteiger charge is 2.56. The van der Waals surface area contributed by atoms with E-state index in [1.807, 2.05) is 0 Å². The summed E-state index contributed by atoms with van der Waals surface area (Å²) >= 11 is 2.11. The van der Waals surface area contributed by atoms with Gasteiger partial charge in [0.05, 0.1) is 17.5 Å². The SMILES string of the molecule is CC1=CC(=O)C2=C(C[C@@H]3C(=CC[C@@H]4C(=O)N(c5ccc(I)cc5)C(=O)[C@@H]43)[C@@H]2c2cc(OC(F)(F)F)ccc2O)C1=O. The van der Waals surface area contributed by atoms with Gasteiger partial charge in [-0.1, -0.05) is 11.6 Å². The van der Waals surface area contributed by atoms with Crippen molar-refractivity contribution >= 4 is 51.7 Å². The number of amides is 2. The van der Waals surface area contributed by atoms with Gasteiger partial charge in [0.25, 0.3) is 0 Å². The summed E-state index contributed by atoms with van der Waals surface area (Å²) < 4.78 is 44.1. The predicted octanol–water partition coefficient (Wildman–Crippen LogP) is 5.53. The Kier molecular flexibility index (Phi) is 6.47. The second kappa shape index (κ2) is 9.68. The predicted molar refractivity (Wildman–Crippen MR) is 148 cm³/mol. The second-order valence-corrected chi connectivity index (χ2v) is 11.7. The number of aromatic hydroxyl groups is 1. The Balaban J connectivity index is 1.49. The molecule has 7 nitrogen and oxygen atoms in total. The number of carbonyl (C=O) groups is 4. The summed E-state index contributed by atoms with van der Waals surface area (Å²) in [7, 11) is 0. The van der Waals surface area contributed by atoms with Crippen LogP contribution in [0.15, 0.2) is 76.9 Å². The van der Waals surface area contributed by atoms with E-state index in [1.165, 1.54) is 13.0 Å². The Morgan fingerprint density at radius 2 is 1.71 bits per heavy atom. The van der Waals surface area contributed by atoms with Crippen molar-refractivity contribution in [2.24, 2.45) is 17.8 Å². The number of benzene rings is 2. The topological polar surface area (TPSA) is 101 Å². The van der Waals surface area contributed by atoms with Crippen LogP contribution in [0, 0.1) is 21.3 Å². The Morgan fingerprint density at radius 3 is 2.39 bits per heavy atom. The van der Waals surface area contributed by atoms with Gasteiger partial charge in [0, 0.05) is 31.8 Å². The maximum absolute atomic E-state index is 13.9. The molecule has 41 heavy (non-hydrogen) atoms. The zero-order valence-corrected chi connectivity index (χ0v) is 23.5. The van der Waals surface area contributed by atoms with Gasteiger partial charge in [-0.15, -0.1) is 13.2 Å². The van der Waals surface area contributed by atoms with Gasteiger partial charge in [-0.05, 0) is 96.8 Å². The summed E-state index contributed by atoms with van der Waals surface area (Å²) in [5.74, 6) is -6.13. The maximum Gasteiger partial charge on any atom is 0.573 e. The standard InChI is InChI=1S/C30H21F3INO6/c1-13-10-23(37)26-21(27(13)38)12-19-17(24(26)20-11-16(6-9-22(20)36)41-30(31,32)33)7-8-18-25(19)29(40)35(28(18)39)15-4-2-14(34)3-5-15/h2-7,9-11,18-19,24-25,36H,8,12H2,1H3/t18-,19+,24+,25-/m0/s1. The lowest BCUT2D eigenvalue weighted by Crippen LogP contribution is -2.39. The van der Waals surface area contributed by atoms with E-state index in [1.54, 1.807) is 30.3 Å². The van der Waals surface area contributed by atoms with Crippen molar-refractivity contribution in [1.82, 2.24) is 0 Å². The number of rotatable bonds is 3. The molecule has 0 spiro atoms. The number of halogens is 4. The first-order valence-corrected chi connectivity index (χ1v) is 13.9. The molecule has 4 aliphatic rings. The fourth-order valence-corrected chi connectivity index (χ4v) is 6.90. The van der Waals surface area contributed by atoms with Gasteiger partial charge < -0.3 is 9.84 Å². The third-order valence-electron chi connectivity index (χ3n) is 8.19. The molecule has 3 aliphatic carbocycles. The molecule has 0 saturated carbocycles. The van der Waals surface area contributed by atoms with Crippen molar-refractivity contribution in [2.75, 3.05) is 4.90 Å². The summed E-state index contributed by atoms with van der Waals surface area (Å²) in [5.41, 5.74) is 1.24. The smallest absolute Gasteiger partial charge is 0.508 e. The fraction of sp³-hybridized carbons (Fsp3) is 0.267. The first kappa shape index (κ1) is 27.4. The average Bonchev–Trinajstić information content (AvgIpc) is 3.17. The lowest BCUT2D eigenvalue weighted by atomic mass is 9.59. The minimum atomic E-state index is -5.00. The van der Waals surface area contributed by atoms with Crippen LogP contribution in [0.25, 0.3) is 0 Å². The number of alkyl halides is 3. The van der Waals surface area contributed by atoms with Gasteiger partial charge >= 0.3 is 6.36 Å². The second-order valence-electron chi connectivity index (χ2n) is 10.5. The van der Waals surface area contributed by atoms with E-state index in [9.17, 15) is 37.5 Å². The number of phenols is 1. The highest BCUT2D eigenvalue weighted by molar-refractivity contribution is 14.1. The Labute approximate surface area is 245 Å². The number of Topliss-reactive ketones (excluding diaryl/α,β-unsaturated/α-hetero) is 1. The fourth-order valence-electron chi connectivity index (χ4n) is 6.54. The molecule has 1 fully saturated rings. The van der Waals surface area contributed by atoms with E-state index < -0.39 is 59.0 Å². The molecule has 6 rings (SSSR count). The van der Waals surface area contributed by atoms with Crippen molar-refractivity contribution in [2.45, 2.75) is 32.0 Å². The summed E-state index contributed by atoms with van der Waals surface area (Å²) in [6.07, 6.45) is -1.94.